The van der Waals surface area contributed by atoms with Crippen molar-refractivity contribution in [3.05, 3.63) is 36.3 Å². The Morgan fingerprint density at radius 3 is 2.53 bits per heavy atom. The lowest BCUT2D eigenvalue weighted by Gasteiger charge is -2.32. The van der Waals surface area contributed by atoms with Crippen LogP contribution in [0.5, 0.6) is 0 Å². The molecule has 2 aliphatic rings. The molecule has 0 spiro atoms. The number of methoxy groups -OCH3 is 1. The van der Waals surface area contributed by atoms with E-state index >= 15 is 0 Å². The Kier molecular flexibility index (Phi) is 6.22. The van der Waals surface area contributed by atoms with Crippen molar-refractivity contribution in [1.82, 2.24) is 14.9 Å². The number of aromatic amines is 1. The minimum absolute atomic E-state index is 0.00988. The van der Waals surface area contributed by atoms with Crippen LogP contribution < -0.4 is 5.46 Å². The fourth-order valence-corrected chi connectivity index (χ4v) is 4.25. The predicted molar refractivity (Wildman–Crippen MR) is 125 cm³/mol. The van der Waals surface area contributed by atoms with Gasteiger partial charge >= 0.3 is 7.12 Å². The van der Waals surface area contributed by atoms with E-state index in [0.29, 0.717) is 6.42 Å². The third-order valence-corrected chi connectivity index (χ3v) is 7.10. The maximum atomic E-state index is 12.7. The van der Waals surface area contributed by atoms with Gasteiger partial charge in [-0.05, 0) is 58.5 Å². The molecular formula is C24H34BN3O4. The van der Waals surface area contributed by atoms with Gasteiger partial charge in [-0.15, -0.1) is 0 Å². The third-order valence-electron chi connectivity index (χ3n) is 7.10. The number of carbonyl (C=O) groups is 1. The van der Waals surface area contributed by atoms with Crippen LogP contribution >= 0.6 is 0 Å². The second kappa shape index (κ2) is 8.65. The second-order valence-electron chi connectivity index (χ2n) is 9.89. The number of likely N-dealkylation sites (tertiary alicyclic amines) is 1. The summed E-state index contributed by atoms with van der Waals surface area (Å²) in [4.78, 5) is 22.7. The smallest absolute Gasteiger partial charge is 0.399 e. The summed E-state index contributed by atoms with van der Waals surface area (Å²) < 4.78 is 17.6. The maximum absolute atomic E-state index is 12.7. The van der Waals surface area contributed by atoms with Gasteiger partial charge in [0.1, 0.15) is 5.82 Å². The number of nitrogens with one attached hydrogen (secondary N) is 1. The van der Waals surface area contributed by atoms with E-state index in [2.05, 4.69) is 49.8 Å². The molecular weight excluding hydrogens is 405 g/mol. The lowest BCUT2D eigenvalue weighted by molar-refractivity contribution is -0.134. The highest BCUT2D eigenvalue weighted by Gasteiger charge is 2.51. The molecule has 1 N–H and O–H groups in total. The summed E-state index contributed by atoms with van der Waals surface area (Å²) in [5.74, 6) is 0.956. The van der Waals surface area contributed by atoms with Crippen LogP contribution in [-0.2, 0) is 18.8 Å². The summed E-state index contributed by atoms with van der Waals surface area (Å²) in [7, 11) is 1.26. The number of aromatic nitrogens is 2. The molecule has 32 heavy (non-hydrogen) atoms. The topological polar surface area (TPSA) is 76.7 Å². The Morgan fingerprint density at radius 2 is 1.91 bits per heavy atom. The standard InChI is InChI=1S/C24H34BN3O4/c1-16(30-6)14-21(29)28-13-7-8-20(28)22-26-15-19(27-22)17-9-11-18(12-10-17)25-31-23(2,3)24(4,5)32-25/h9-12,15-16,20H,7-8,13-14H2,1-6H3,(H,26,27)/t16-,20+/m1/s1. The van der Waals surface area contributed by atoms with Gasteiger partial charge in [-0.2, -0.15) is 0 Å². The molecule has 1 aromatic heterocycles. The molecule has 0 unspecified atom stereocenters. The van der Waals surface area contributed by atoms with Gasteiger partial charge in [0.05, 0.1) is 41.7 Å². The van der Waals surface area contributed by atoms with E-state index in [4.69, 9.17) is 14.0 Å². The molecule has 2 aliphatic heterocycles. The van der Waals surface area contributed by atoms with Gasteiger partial charge in [0, 0.05) is 13.7 Å². The van der Waals surface area contributed by atoms with Crippen LogP contribution in [0.15, 0.2) is 30.5 Å². The average molecular weight is 439 g/mol. The molecule has 2 atom stereocenters. The number of H-pyrrole nitrogens is 1. The van der Waals surface area contributed by atoms with E-state index in [9.17, 15) is 4.79 Å². The molecule has 0 aliphatic carbocycles. The van der Waals surface area contributed by atoms with E-state index in [-0.39, 0.29) is 36.4 Å². The molecule has 3 heterocycles. The summed E-state index contributed by atoms with van der Waals surface area (Å²) >= 11 is 0. The van der Waals surface area contributed by atoms with Crippen molar-refractivity contribution < 1.29 is 18.8 Å². The Balaban J connectivity index is 1.46. The highest BCUT2D eigenvalue weighted by Crippen LogP contribution is 2.37. The molecule has 4 rings (SSSR count). The van der Waals surface area contributed by atoms with Crippen LogP contribution in [0.2, 0.25) is 0 Å². The Hall–Kier alpha value is -2.16. The Labute approximate surface area is 191 Å². The highest BCUT2D eigenvalue weighted by molar-refractivity contribution is 6.62. The highest BCUT2D eigenvalue weighted by atomic mass is 16.7. The van der Waals surface area contributed by atoms with Gasteiger partial charge in [0.25, 0.3) is 0 Å². The number of ether oxygens (including phenoxy) is 1. The van der Waals surface area contributed by atoms with Gasteiger partial charge in [-0.25, -0.2) is 4.98 Å². The zero-order valence-electron chi connectivity index (χ0n) is 20.0. The molecule has 2 saturated heterocycles. The number of benzene rings is 1. The second-order valence-corrected chi connectivity index (χ2v) is 9.89. The predicted octanol–water partition coefficient (Wildman–Crippen LogP) is 3.46. The molecule has 172 valence electrons. The van der Waals surface area contributed by atoms with Crippen LogP contribution in [0.4, 0.5) is 0 Å². The van der Waals surface area contributed by atoms with Gasteiger partial charge < -0.3 is 23.9 Å². The van der Waals surface area contributed by atoms with Crippen molar-refractivity contribution in [3.8, 4) is 11.3 Å². The van der Waals surface area contributed by atoms with Crippen LogP contribution in [0, 0.1) is 0 Å². The summed E-state index contributed by atoms with van der Waals surface area (Å²) in [5.41, 5.74) is 2.24. The first-order valence-corrected chi connectivity index (χ1v) is 11.4. The van der Waals surface area contributed by atoms with Gasteiger partial charge in [0.2, 0.25) is 5.91 Å². The number of imidazole rings is 1. The first-order chi connectivity index (χ1) is 15.1. The van der Waals surface area contributed by atoms with Crippen LogP contribution in [0.3, 0.4) is 0 Å². The Morgan fingerprint density at radius 1 is 1.25 bits per heavy atom. The molecule has 8 heteroatoms. The Bertz CT molecular complexity index is 940. The van der Waals surface area contributed by atoms with Gasteiger partial charge in [-0.3, -0.25) is 4.79 Å². The quantitative estimate of drug-likeness (QED) is 0.698. The van der Waals surface area contributed by atoms with Crippen LogP contribution in [0.25, 0.3) is 11.3 Å². The molecule has 7 nitrogen and oxygen atoms in total. The maximum Gasteiger partial charge on any atom is 0.494 e. The van der Waals surface area contributed by atoms with Gasteiger partial charge in [0.15, 0.2) is 0 Å². The normalized spacial score (nSPS) is 23.0. The largest absolute Gasteiger partial charge is 0.494 e. The molecule has 2 fully saturated rings. The van der Waals surface area contributed by atoms with E-state index in [1.54, 1.807) is 7.11 Å². The lowest BCUT2D eigenvalue weighted by Crippen LogP contribution is -2.41. The van der Waals surface area contributed by atoms with Crippen molar-refractivity contribution in [2.45, 2.75) is 77.2 Å². The lowest BCUT2D eigenvalue weighted by atomic mass is 9.79. The molecule has 2 aromatic rings. The van der Waals surface area contributed by atoms with Crippen molar-refractivity contribution >= 4 is 18.5 Å². The molecule has 1 aromatic carbocycles. The SMILES string of the molecule is CO[C@H](C)CC(=O)N1CCC[C@H]1c1ncc(-c2ccc(B3OC(C)(C)C(C)(C)O3)cc2)[nH]1. The number of hydrogen-bond donors (Lipinski definition) is 1. The monoisotopic (exact) mass is 439 g/mol. The minimum Gasteiger partial charge on any atom is -0.399 e. The fourth-order valence-electron chi connectivity index (χ4n) is 4.25. The molecule has 0 radical (unpaired) electrons. The van der Waals surface area contributed by atoms with Crippen LogP contribution in [-0.4, -0.2) is 58.9 Å². The number of rotatable bonds is 6. The molecule has 0 saturated carbocycles. The van der Waals surface area contributed by atoms with E-state index in [0.717, 1.165) is 41.9 Å². The number of amides is 1. The van der Waals surface area contributed by atoms with Gasteiger partial charge in [-0.1, -0.05) is 24.3 Å². The number of nitrogens with zero attached hydrogens (tertiary/aromatic N) is 2. The summed E-state index contributed by atoms with van der Waals surface area (Å²) in [6.45, 7) is 10.9. The number of carbonyl (C=O) groups excluding carboxylic acids is 1. The molecule has 1 amide bonds. The van der Waals surface area contributed by atoms with Crippen molar-refractivity contribution in [2.75, 3.05) is 13.7 Å². The van der Waals surface area contributed by atoms with E-state index in [1.807, 2.05) is 30.2 Å². The van der Waals surface area contributed by atoms with E-state index < -0.39 is 0 Å². The van der Waals surface area contributed by atoms with E-state index in [1.165, 1.54) is 0 Å². The first kappa shape index (κ1) is 23.0. The van der Waals surface area contributed by atoms with Crippen molar-refractivity contribution in [1.29, 1.82) is 0 Å². The number of hydrogen-bond acceptors (Lipinski definition) is 5. The third kappa shape index (κ3) is 4.36. The fraction of sp³-hybridized carbons (Fsp3) is 0.583. The molecule has 0 bridgehead atoms. The summed E-state index contributed by atoms with van der Waals surface area (Å²) in [6.07, 6.45) is 4.05. The zero-order valence-corrected chi connectivity index (χ0v) is 20.0. The van der Waals surface area contributed by atoms with Crippen LogP contribution in [0.1, 0.15) is 65.7 Å². The summed E-state index contributed by atoms with van der Waals surface area (Å²) in [5, 5.41) is 0. The average Bonchev–Trinajstić information content (AvgIpc) is 3.46. The first-order valence-electron chi connectivity index (χ1n) is 11.4. The summed E-state index contributed by atoms with van der Waals surface area (Å²) in [6, 6.07) is 8.17. The minimum atomic E-state index is -0.376. The van der Waals surface area contributed by atoms with Crippen molar-refractivity contribution in [2.24, 2.45) is 0 Å². The zero-order chi connectivity index (χ0) is 23.1. The van der Waals surface area contributed by atoms with Crippen molar-refractivity contribution in [3.63, 3.8) is 0 Å².